The summed E-state index contributed by atoms with van der Waals surface area (Å²) in [5.74, 6) is -0.288. The largest absolute Gasteiger partial charge is 0.305 e. The predicted octanol–water partition coefficient (Wildman–Crippen LogP) is 6.36. The minimum atomic E-state index is -3.98. The van der Waals surface area contributed by atoms with Crippen LogP contribution in [0.25, 0.3) is 11.1 Å². The van der Waals surface area contributed by atoms with Gasteiger partial charge in [-0.2, -0.15) is 0 Å². The Morgan fingerprint density at radius 3 is 1.97 bits per heavy atom. The van der Waals surface area contributed by atoms with Crippen molar-refractivity contribution in [1.82, 2.24) is 9.62 Å². The number of halogens is 1. The first-order valence-corrected chi connectivity index (χ1v) is 14.0. The average Bonchev–Trinajstić information content (AvgIpc) is 2.78. The molecule has 0 heterocycles. The lowest BCUT2D eigenvalue weighted by Crippen LogP contribution is -2.32. The van der Waals surface area contributed by atoms with Crippen molar-refractivity contribution in [3.8, 4) is 11.1 Å². The van der Waals surface area contributed by atoms with Gasteiger partial charge in [-0.3, -0.25) is 4.79 Å². The van der Waals surface area contributed by atoms with Gasteiger partial charge in [0.05, 0.1) is 11.3 Å². The highest BCUT2D eigenvalue weighted by Crippen LogP contribution is 2.36. The first-order chi connectivity index (χ1) is 16.9. The normalized spacial score (nSPS) is 11.9. The topological polar surface area (TPSA) is 66.5 Å². The molecular weight excluding hydrogens is 492 g/mol. The maximum atomic E-state index is 13.1. The second-order valence-electron chi connectivity index (χ2n) is 10.0. The van der Waals surface area contributed by atoms with Crippen LogP contribution in [0, 0.1) is 0 Å². The third-order valence-electron chi connectivity index (χ3n) is 6.07. The van der Waals surface area contributed by atoms with Crippen LogP contribution in [0.4, 0.5) is 0 Å². The molecule has 0 spiro atoms. The number of hydrogen-bond donors (Lipinski definition) is 1. The molecule has 0 saturated heterocycles. The van der Waals surface area contributed by atoms with Crippen LogP contribution in [-0.4, -0.2) is 33.3 Å². The first kappa shape index (κ1) is 27.9. The monoisotopic (exact) mass is 526 g/mol. The van der Waals surface area contributed by atoms with E-state index in [0.29, 0.717) is 11.6 Å². The Kier molecular flexibility index (Phi) is 8.98. The first-order valence-electron chi connectivity index (χ1n) is 12.1. The highest BCUT2D eigenvalue weighted by atomic mass is 35.5. The minimum Gasteiger partial charge on any atom is -0.305 e. The van der Waals surface area contributed by atoms with Crippen LogP contribution in [0.15, 0.2) is 65.6 Å². The van der Waals surface area contributed by atoms with Crippen LogP contribution in [0.1, 0.15) is 61.8 Å². The van der Waals surface area contributed by atoms with Gasteiger partial charge in [-0.25, -0.2) is 13.1 Å². The highest BCUT2D eigenvalue weighted by Gasteiger charge is 2.23. The van der Waals surface area contributed by atoms with Gasteiger partial charge in [0.25, 0.3) is 10.0 Å². The van der Waals surface area contributed by atoms with Gasteiger partial charge in [0, 0.05) is 17.1 Å². The van der Waals surface area contributed by atoms with Crippen molar-refractivity contribution < 1.29 is 13.2 Å². The Morgan fingerprint density at radius 1 is 0.917 bits per heavy atom. The summed E-state index contributed by atoms with van der Waals surface area (Å²) in [6.45, 7) is 8.99. The number of nitrogens with one attached hydrogen (secondary N) is 1. The van der Waals surface area contributed by atoms with Gasteiger partial charge in [0.15, 0.2) is 0 Å². The average molecular weight is 527 g/mol. The molecule has 1 N–H and O–H groups in total. The summed E-state index contributed by atoms with van der Waals surface area (Å²) in [6, 6.07) is 18.4. The van der Waals surface area contributed by atoms with Gasteiger partial charge in [0.2, 0.25) is 5.91 Å². The fraction of sp³-hybridized carbons (Fsp3) is 0.345. The van der Waals surface area contributed by atoms with Crippen LogP contribution >= 0.6 is 11.6 Å². The number of nitrogens with zero attached hydrogens (tertiary/aromatic N) is 1. The van der Waals surface area contributed by atoms with E-state index in [2.05, 4.69) is 44.5 Å². The van der Waals surface area contributed by atoms with Crippen molar-refractivity contribution >= 4 is 27.5 Å². The van der Waals surface area contributed by atoms with E-state index in [1.165, 1.54) is 12.1 Å². The zero-order valence-electron chi connectivity index (χ0n) is 21.8. The van der Waals surface area contributed by atoms with Crippen LogP contribution in [0.5, 0.6) is 0 Å². The molecule has 0 atom stereocenters. The molecule has 5 nitrogen and oxygen atoms in total. The van der Waals surface area contributed by atoms with Gasteiger partial charge >= 0.3 is 0 Å². The van der Waals surface area contributed by atoms with Gasteiger partial charge in [-0.1, -0.05) is 81.8 Å². The summed E-state index contributed by atoms with van der Waals surface area (Å²) in [4.78, 5) is 15.1. The van der Waals surface area contributed by atoms with E-state index in [4.69, 9.17) is 11.6 Å². The maximum absolute atomic E-state index is 13.1. The van der Waals surface area contributed by atoms with Crippen LogP contribution < -0.4 is 4.72 Å². The van der Waals surface area contributed by atoms with Crippen molar-refractivity contribution in [3.63, 3.8) is 0 Å². The molecular formula is C29H35ClN2O3S. The summed E-state index contributed by atoms with van der Waals surface area (Å²) >= 11 is 6.48. The van der Waals surface area contributed by atoms with E-state index < -0.39 is 15.9 Å². The molecule has 0 bridgehead atoms. The highest BCUT2D eigenvalue weighted by molar-refractivity contribution is 7.90. The zero-order chi connectivity index (χ0) is 26.6. The fourth-order valence-electron chi connectivity index (χ4n) is 4.35. The Hall–Kier alpha value is -2.67. The lowest BCUT2D eigenvalue weighted by molar-refractivity contribution is -0.118. The van der Waals surface area contributed by atoms with Crippen molar-refractivity contribution in [2.24, 2.45) is 0 Å². The molecule has 3 aromatic rings. The van der Waals surface area contributed by atoms with Crippen molar-refractivity contribution in [3.05, 3.63) is 87.9 Å². The standard InChI is InChI=1S/C29H35ClN2O3S/c1-19(2)25-15-22(24-9-7-8-10-28(24)30)16-26(20(3)4)27(25)17-29(33)31-36(34,35)23-13-11-21(12-14-23)18-32(5)6/h7-16,19-20H,17-18H2,1-6H3,(H,31,33). The van der Waals surface area contributed by atoms with Gasteiger partial charge in [0.1, 0.15) is 0 Å². The quantitative estimate of drug-likeness (QED) is 0.352. The van der Waals surface area contributed by atoms with E-state index in [1.807, 2.05) is 43.3 Å². The number of carbonyl (C=O) groups is 1. The van der Waals surface area contributed by atoms with Crippen molar-refractivity contribution in [2.45, 2.75) is 57.4 Å². The Morgan fingerprint density at radius 2 is 1.47 bits per heavy atom. The molecule has 3 rings (SSSR count). The second kappa shape index (κ2) is 11.6. The number of rotatable bonds is 9. The SMILES string of the molecule is CC(C)c1cc(-c2ccccc2Cl)cc(C(C)C)c1CC(=O)NS(=O)(=O)c1ccc(CN(C)C)cc1. The smallest absolute Gasteiger partial charge is 0.264 e. The van der Waals surface area contributed by atoms with E-state index >= 15 is 0 Å². The molecule has 192 valence electrons. The molecule has 0 aliphatic rings. The van der Waals surface area contributed by atoms with E-state index in [9.17, 15) is 13.2 Å². The third-order valence-corrected chi connectivity index (χ3v) is 7.78. The molecule has 0 radical (unpaired) electrons. The van der Waals surface area contributed by atoms with E-state index in [-0.39, 0.29) is 23.2 Å². The molecule has 0 fully saturated rings. The van der Waals surface area contributed by atoms with Gasteiger partial charge in [-0.15, -0.1) is 0 Å². The number of hydrogen-bond acceptors (Lipinski definition) is 4. The van der Waals surface area contributed by atoms with Crippen molar-refractivity contribution in [2.75, 3.05) is 14.1 Å². The summed E-state index contributed by atoms with van der Waals surface area (Å²) in [7, 11) is -0.0842. The van der Waals surface area contributed by atoms with E-state index in [0.717, 1.165) is 33.4 Å². The third kappa shape index (κ3) is 6.75. The molecule has 1 amide bonds. The Balaban J connectivity index is 1.93. The van der Waals surface area contributed by atoms with Gasteiger partial charge in [-0.05, 0) is 71.9 Å². The fourth-order valence-corrected chi connectivity index (χ4v) is 5.58. The Bertz CT molecular complexity index is 1300. The lowest BCUT2D eigenvalue weighted by atomic mass is 9.84. The summed E-state index contributed by atoms with van der Waals surface area (Å²) in [5, 5.41) is 0.662. The minimum absolute atomic E-state index is 0.0260. The summed E-state index contributed by atoms with van der Waals surface area (Å²) < 4.78 is 28.1. The number of amides is 1. The van der Waals surface area contributed by atoms with Crippen LogP contribution in [0.3, 0.4) is 0 Å². The van der Waals surface area contributed by atoms with Gasteiger partial charge < -0.3 is 4.90 Å². The zero-order valence-corrected chi connectivity index (χ0v) is 23.4. The molecule has 7 heteroatoms. The summed E-state index contributed by atoms with van der Waals surface area (Å²) in [6.07, 6.45) is -0.0260. The number of sulfonamides is 1. The Labute approximate surface area is 220 Å². The van der Waals surface area contributed by atoms with Crippen LogP contribution in [0.2, 0.25) is 5.02 Å². The number of benzene rings is 3. The maximum Gasteiger partial charge on any atom is 0.264 e. The molecule has 3 aromatic carbocycles. The van der Waals surface area contributed by atoms with Crippen LogP contribution in [-0.2, 0) is 27.8 Å². The second-order valence-corrected chi connectivity index (χ2v) is 12.1. The molecule has 0 unspecified atom stereocenters. The molecule has 0 aliphatic heterocycles. The van der Waals surface area contributed by atoms with E-state index in [1.54, 1.807) is 12.1 Å². The lowest BCUT2D eigenvalue weighted by Gasteiger charge is -2.22. The van der Waals surface area contributed by atoms with Crippen molar-refractivity contribution in [1.29, 1.82) is 0 Å². The molecule has 36 heavy (non-hydrogen) atoms. The molecule has 0 saturated carbocycles. The molecule has 0 aliphatic carbocycles. The molecule has 0 aromatic heterocycles. The summed E-state index contributed by atoms with van der Waals surface area (Å²) in [5.41, 5.74) is 5.80. The predicted molar refractivity (Wildman–Crippen MR) is 148 cm³/mol. The number of carbonyl (C=O) groups excluding carboxylic acids is 1.